The van der Waals surface area contributed by atoms with Crippen LogP contribution in [0.1, 0.15) is 39.2 Å². The number of likely N-dealkylation sites (tertiary alicyclic amines) is 1. The highest BCUT2D eigenvalue weighted by Crippen LogP contribution is 2.19. The average molecular weight is 333 g/mol. The third-order valence-corrected chi connectivity index (χ3v) is 5.08. The lowest BCUT2D eigenvalue weighted by molar-refractivity contribution is 0.0166. The molecule has 0 radical (unpaired) electrons. The number of nitrogens with zero attached hydrogens (tertiary/aromatic N) is 1. The zero-order valence-corrected chi connectivity index (χ0v) is 15.1. The van der Waals surface area contributed by atoms with E-state index < -0.39 is 5.60 Å². The van der Waals surface area contributed by atoms with E-state index in [1.807, 2.05) is 19.9 Å². The minimum Gasteiger partial charge on any atom is -0.388 e. The zero-order valence-electron chi connectivity index (χ0n) is 15.1. The molecule has 1 aromatic rings. The van der Waals surface area contributed by atoms with E-state index in [0.29, 0.717) is 12.6 Å². The van der Waals surface area contributed by atoms with Crippen molar-refractivity contribution in [3.63, 3.8) is 0 Å². The molecular formula is C19H31N3O2. The van der Waals surface area contributed by atoms with Crippen molar-refractivity contribution >= 4 is 6.03 Å². The predicted molar refractivity (Wildman–Crippen MR) is 96.7 cm³/mol. The molecule has 2 rings (SSSR count). The van der Waals surface area contributed by atoms with Crippen LogP contribution in [-0.4, -0.2) is 47.3 Å². The Hall–Kier alpha value is -1.59. The van der Waals surface area contributed by atoms with Gasteiger partial charge in [0.25, 0.3) is 0 Å². The minimum absolute atomic E-state index is 0.0917. The van der Waals surface area contributed by atoms with Crippen molar-refractivity contribution in [3.05, 3.63) is 35.9 Å². The largest absolute Gasteiger partial charge is 0.388 e. The number of nitrogens with one attached hydrogen (secondary N) is 2. The second-order valence-electron chi connectivity index (χ2n) is 7.33. The smallest absolute Gasteiger partial charge is 0.314 e. The molecule has 0 aliphatic carbocycles. The summed E-state index contributed by atoms with van der Waals surface area (Å²) in [5, 5.41) is 15.9. The Labute approximate surface area is 145 Å². The van der Waals surface area contributed by atoms with Crippen LogP contribution < -0.4 is 10.6 Å². The number of aliphatic hydroxyl groups is 1. The molecule has 3 N–H and O–H groups in total. The van der Waals surface area contributed by atoms with Crippen molar-refractivity contribution in [2.45, 2.75) is 51.8 Å². The summed E-state index contributed by atoms with van der Waals surface area (Å²) < 4.78 is 0. The number of hydrogen-bond acceptors (Lipinski definition) is 3. The van der Waals surface area contributed by atoms with Gasteiger partial charge in [0.2, 0.25) is 0 Å². The molecule has 2 amide bonds. The van der Waals surface area contributed by atoms with Crippen LogP contribution in [0, 0.1) is 5.92 Å². The normalized spacial score (nSPS) is 20.8. The van der Waals surface area contributed by atoms with Gasteiger partial charge in [0.05, 0.1) is 5.60 Å². The maximum atomic E-state index is 12.0. The lowest BCUT2D eigenvalue weighted by Gasteiger charge is -2.28. The number of rotatable bonds is 7. The highest BCUT2D eigenvalue weighted by atomic mass is 16.3. The van der Waals surface area contributed by atoms with Gasteiger partial charge in [0, 0.05) is 25.7 Å². The van der Waals surface area contributed by atoms with Crippen LogP contribution in [0.4, 0.5) is 4.79 Å². The molecular weight excluding hydrogens is 302 g/mol. The first-order valence-electron chi connectivity index (χ1n) is 8.90. The van der Waals surface area contributed by atoms with E-state index in [9.17, 15) is 9.90 Å². The molecule has 0 saturated carbocycles. The third-order valence-electron chi connectivity index (χ3n) is 5.08. The van der Waals surface area contributed by atoms with Gasteiger partial charge in [-0.2, -0.15) is 0 Å². The molecule has 5 heteroatoms. The van der Waals surface area contributed by atoms with Crippen LogP contribution in [-0.2, 0) is 6.54 Å². The van der Waals surface area contributed by atoms with E-state index in [-0.39, 0.29) is 18.5 Å². The van der Waals surface area contributed by atoms with E-state index in [0.717, 1.165) is 19.5 Å². The topological polar surface area (TPSA) is 64.6 Å². The van der Waals surface area contributed by atoms with Gasteiger partial charge in [-0.05, 0) is 37.8 Å². The van der Waals surface area contributed by atoms with Crippen molar-refractivity contribution in [2.75, 3.05) is 19.6 Å². The maximum absolute atomic E-state index is 12.0. The van der Waals surface area contributed by atoms with Gasteiger partial charge in [0.1, 0.15) is 0 Å². The molecule has 1 aromatic carbocycles. The SMILES string of the molecule is CC(C)C(C)(O)CNC(=O)NCC1CCCN1Cc1ccccc1. The summed E-state index contributed by atoms with van der Waals surface area (Å²) in [6.45, 7) is 8.54. The minimum atomic E-state index is -0.885. The van der Waals surface area contributed by atoms with Crippen LogP contribution in [0.25, 0.3) is 0 Å². The summed E-state index contributed by atoms with van der Waals surface area (Å²) in [4.78, 5) is 14.4. The number of benzene rings is 1. The molecule has 0 aromatic heterocycles. The maximum Gasteiger partial charge on any atom is 0.314 e. The first-order valence-corrected chi connectivity index (χ1v) is 8.90. The standard InChI is InChI=1S/C19H31N3O2/c1-15(2)19(3,24)14-21-18(23)20-12-17-10-7-11-22(17)13-16-8-5-4-6-9-16/h4-6,8-9,15,17,24H,7,10-14H2,1-3H3,(H2,20,21,23). The Kier molecular flexibility index (Phi) is 6.63. The van der Waals surface area contributed by atoms with Crippen molar-refractivity contribution < 1.29 is 9.90 Å². The highest BCUT2D eigenvalue weighted by molar-refractivity contribution is 5.73. The Morgan fingerprint density at radius 3 is 2.71 bits per heavy atom. The Balaban J connectivity index is 1.75. The van der Waals surface area contributed by atoms with Crippen LogP contribution >= 0.6 is 0 Å². The molecule has 1 fully saturated rings. The molecule has 2 atom stereocenters. The summed E-state index contributed by atoms with van der Waals surface area (Å²) in [5.41, 5.74) is 0.422. The number of amides is 2. The van der Waals surface area contributed by atoms with Gasteiger partial charge < -0.3 is 15.7 Å². The number of urea groups is 1. The van der Waals surface area contributed by atoms with Crippen molar-refractivity contribution in [1.82, 2.24) is 15.5 Å². The summed E-state index contributed by atoms with van der Waals surface area (Å²) >= 11 is 0. The summed E-state index contributed by atoms with van der Waals surface area (Å²) in [7, 11) is 0. The van der Waals surface area contributed by atoms with Gasteiger partial charge in [-0.25, -0.2) is 4.79 Å². The monoisotopic (exact) mass is 333 g/mol. The average Bonchev–Trinajstić information content (AvgIpc) is 2.99. The molecule has 0 spiro atoms. The van der Waals surface area contributed by atoms with E-state index in [4.69, 9.17) is 0 Å². The molecule has 2 unspecified atom stereocenters. The lowest BCUT2D eigenvalue weighted by Crippen LogP contribution is -2.49. The summed E-state index contributed by atoms with van der Waals surface area (Å²) in [6.07, 6.45) is 2.28. The molecule has 1 aliphatic rings. The molecule has 1 heterocycles. The van der Waals surface area contributed by atoms with E-state index in [2.05, 4.69) is 39.8 Å². The van der Waals surface area contributed by atoms with Crippen LogP contribution in [0.2, 0.25) is 0 Å². The predicted octanol–water partition coefficient (Wildman–Crippen LogP) is 2.36. The molecule has 0 bridgehead atoms. The van der Waals surface area contributed by atoms with Gasteiger partial charge in [-0.1, -0.05) is 44.2 Å². The number of carbonyl (C=O) groups excluding carboxylic acids is 1. The van der Waals surface area contributed by atoms with Gasteiger partial charge in [0.15, 0.2) is 0 Å². The van der Waals surface area contributed by atoms with Crippen LogP contribution in [0.15, 0.2) is 30.3 Å². The fourth-order valence-electron chi connectivity index (χ4n) is 2.89. The van der Waals surface area contributed by atoms with Gasteiger partial charge in [-0.15, -0.1) is 0 Å². The van der Waals surface area contributed by atoms with Crippen molar-refractivity contribution in [2.24, 2.45) is 5.92 Å². The Bertz CT molecular complexity index is 517. The summed E-state index contributed by atoms with van der Waals surface area (Å²) in [6, 6.07) is 10.6. The second-order valence-corrected chi connectivity index (χ2v) is 7.33. The summed E-state index contributed by atoms with van der Waals surface area (Å²) in [5.74, 6) is 0.0917. The quantitative estimate of drug-likeness (QED) is 0.718. The lowest BCUT2D eigenvalue weighted by atomic mass is 9.93. The molecule has 1 aliphatic heterocycles. The van der Waals surface area contributed by atoms with E-state index >= 15 is 0 Å². The fourth-order valence-corrected chi connectivity index (χ4v) is 2.89. The van der Waals surface area contributed by atoms with E-state index in [1.165, 1.54) is 12.0 Å². The zero-order chi connectivity index (χ0) is 17.6. The fraction of sp³-hybridized carbons (Fsp3) is 0.632. The van der Waals surface area contributed by atoms with Gasteiger partial charge >= 0.3 is 6.03 Å². The molecule has 1 saturated heterocycles. The van der Waals surface area contributed by atoms with E-state index in [1.54, 1.807) is 6.92 Å². The highest BCUT2D eigenvalue weighted by Gasteiger charge is 2.27. The third kappa shape index (κ3) is 5.49. The Morgan fingerprint density at radius 1 is 1.33 bits per heavy atom. The van der Waals surface area contributed by atoms with Gasteiger partial charge in [-0.3, -0.25) is 4.90 Å². The van der Waals surface area contributed by atoms with Crippen LogP contribution in [0.3, 0.4) is 0 Å². The molecule has 134 valence electrons. The van der Waals surface area contributed by atoms with Crippen molar-refractivity contribution in [3.8, 4) is 0 Å². The second kappa shape index (κ2) is 8.49. The molecule has 24 heavy (non-hydrogen) atoms. The number of carbonyl (C=O) groups is 1. The first-order chi connectivity index (χ1) is 11.4. The Morgan fingerprint density at radius 2 is 2.04 bits per heavy atom. The number of hydrogen-bond donors (Lipinski definition) is 3. The van der Waals surface area contributed by atoms with Crippen molar-refractivity contribution in [1.29, 1.82) is 0 Å². The molecule has 5 nitrogen and oxygen atoms in total. The first kappa shape index (κ1) is 18.7. The van der Waals surface area contributed by atoms with Crippen LogP contribution in [0.5, 0.6) is 0 Å².